The van der Waals surface area contributed by atoms with Crippen molar-refractivity contribution in [1.82, 2.24) is 0 Å². The van der Waals surface area contributed by atoms with Gasteiger partial charge in [0.15, 0.2) is 11.5 Å². The summed E-state index contributed by atoms with van der Waals surface area (Å²) in [5.74, 6) is 1.43. The highest BCUT2D eigenvalue weighted by atomic mass is 16.5. The highest BCUT2D eigenvalue weighted by Gasteiger charge is 2.45. The van der Waals surface area contributed by atoms with Crippen LogP contribution in [0.3, 0.4) is 0 Å². The molecule has 2 bridgehead atoms. The third-order valence-electron chi connectivity index (χ3n) is 5.20. The average molecular weight is 318 g/mol. The molecule has 0 heterocycles. The number of methoxy groups -OCH3 is 2. The van der Waals surface area contributed by atoms with Crippen LogP contribution in [0.1, 0.15) is 30.7 Å². The van der Waals surface area contributed by atoms with Crippen LogP contribution < -0.4 is 9.47 Å². The first-order valence-electron chi connectivity index (χ1n) is 7.90. The molecule has 1 aromatic rings. The molecule has 0 aromatic heterocycles. The Morgan fingerprint density at radius 1 is 1.17 bits per heavy atom. The molecule has 0 saturated heterocycles. The number of benzene rings is 1. The summed E-state index contributed by atoms with van der Waals surface area (Å²) in [6.45, 7) is 0. The first kappa shape index (κ1) is 15.7. The van der Waals surface area contributed by atoms with Crippen LogP contribution in [-0.2, 0) is 4.79 Å². The largest absolute Gasteiger partial charge is 0.502 e. The number of aliphatic carboxylic acids is 1. The molecule has 0 radical (unpaired) electrons. The average Bonchev–Trinajstić information content (AvgIpc) is 3.14. The van der Waals surface area contributed by atoms with Crippen molar-refractivity contribution >= 4 is 5.97 Å². The van der Waals surface area contributed by atoms with E-state index < -0.39 is 5.97 Å². The molecule has 5 nitrogen and oxygen atoms in total. The highest BCUT2D eigenvalue weighted by Crippen LogP contribution is 2.56. The zero-order chi connectivity index (χ0) is 16.6. The number of phenolic OH excluding ortho intramolecular Hbond substituents is 1. The molecule has 1 saturated carbocycles. The van der Waals surface area contributed by atoms with Crippen molar-refractivity contribution < 1.29 is 24.5 Å². The summed E-state index contributed by atoms with van der Waals surface area (Å²) in [5.41, 5.74) is 1.05. The lowest BCUT2D eigenvalue weighted by Crippen LogP contribution is -2.19. The molecular formula is C18H22O5. The van der Waals surface area contributed by atoms with Crippen LogP contribution in [0.5, 0.6) is 17.2 Å². The number of fused-ring (bicyclic) bond motifs is 2. The van der Waals surface area contributed by atoms with E-state index in [0.717, 1.165) is 12.0 Å². The Morgan fingerprint density at radius 3 is 2.35 bits per heavy atom. The van der Waals surface area contributed by atoms with Gasteiger partial charge in [-0.3, -0.25) is 4.79 Å². The van der Waals surface area contributed by atoms with Gasteiger partial charge >= 0.3 is 5.97 Å². The molecule has 124 valence electrons. The van der Waals surface area contributed by atoms with Crippen molar-refractivity contribution in [2.75, 3.05) is 14.2 Å². The van der Waals surface area contributed by atoms with Crippen molar-refractivity contribution in [2.24, 2.45) is 17.8 Å². The second kappa shape index (κ2) is 6.14. The number of phenols is 1. The predicted molar refractivity (Wildman–Crippen MR) is 85.0 cm³/mol. The van der Waals surface area contributed by atoms with Gasteiger partial charge in [0.1, 0.15) is 0 Å². The Morgan fingerprint density at radius 2 is 1.78 bits per heavy atom. The third kappa shape index (κ3) is 2.76. The number of carboxylic acids is 1. The topological polar surface area (TPSA) is 76.0 Å². The van der Waals surface area contributed by atoms with E-state index in [1.165, 1.54) is 14.2 Å². The number of carbonyl (C=O) groups is 1. The van der Waals surface area contributed by atoms with Crippen LogP contribution in [0.15, 0.2) is 24.3 Å². The van der Waals surface area contributed by atoms with Crippen LogP contribution in [0.2, 0.25) is 0 Å². The van der Waals surface area contributed by atoms with Crippen LogP contribution >= 0.6 is 0 Å². The lowest BCUT2D eigenvalue weighted by Gasteiger charge is -2.29. The predicted octanol–water partition coefficient (Wildman–Crippen LogP) is 3.18. The van der Waals surface area contributed by atoms with Gasteiger partial charge in [-0.15, -0.1) is 0 Å². The van der Waals surface area contributed by atoms with Crippen LogP contribution in [0.4, 0.5) is 0 Å². The fraction of sp³-hybridized carbons (Fsp3) is 0.500. The monoisotopic (exact) mass is 318 g/mol. The second-order valence-corrected chi connectivity index (χ2v) is 6.34. The van der Waals surface area contributed by atoms with E-state index in [1.54, 1.807) is 0 Å². The Kier molecular flexibility index (Phi) is 4.20. The van der Waals surface area contributed by atoms with Crippen LogP contribution in [0, 0.1) is 17.8 Å². The molecule has 4 unspecified atom stereocenters. The molecule has 2 N–H and O–H groups in total. The van der Waals surface area contributed by atoms with Crippen LogP contribution in [-0.4, -0.2) is 30.4 Å². The second-order valence-electron chi connectivity index (χ2n) is 6.34. The van der Waals surface area contributed by atoms with E-state index in [9.17, 15) is 9.90 Å². The molecular weight excluding hydrogens is 296 g/mol. The molecule has 0 spiro atoms. The van der Waals surface area contributed by atoms with E-state index in [0.29, 0.717) is 35.7 Å². The SMILES string of the molecule is COc1cc(C2C3C=CC(C3)C2CCC(=O)O)cc(OC)c1O. The zero-order valence-electron chi connectivity index (χ0n) is 13.4. The molecule has 2 aliphatic rings. The van der Waals surface area contributed by atoms with Gasteiger partial charge in [-0.05, 0) is 54.2 Å². The van der Waals surface area contributed by atoms with Gasteiger partial charge in [-0.1, -0.05) is 12.2 Å². The summed E-state index contributed by atoms with van der Waals surface area (Å²) in [4.78, 5) is 11.0. The van der Waals surface area contributed by atoms with E-state index in [1.807, 2.05) is 12.1 Å². The van der Waals surface area contributed by atoms with Gasteiger partial charge < -0.3 is 19.7 Å². The van der Waals surface area contributed by atoms with Crippen molar-refractivity contribution in [1.29, 1.82) is 0 Å². The summed E-state index contributed by atoms with van der Waals surface area (Å²) >= 11 is 0. The van der Waals surface area contributed by atoms with Gasteiger partial charge in [-0.25, -0.2) is 0 Å². The Labute approximate surface area is 135 Å². The minimum Gasteiger partial charge on any atom is -0.502 e. The Bertz CT molecular complexity index is 611. The number of carboxylic acid groups (broad SMARTS) is 1. The highest BCUT2D eigenvalue weighted by molar-refractivity contribution is 5.66. The molecule has 3 rings (SSSR count). The number of hydrogen-bond acceptors (Lipinski definition) is 4. The molecule has 2 aliphatic carbocycles. The lowest BCUT2D eigenvalue weighted by atomic mass is 9.76. The zero-order valence-corrected chi connectivity index (χ0v) is 13.4. The molecule has 4 atom stereocenters. The number of ether oxygens (including phenoxy) is 2. The van der Waals surface area contributed by atoms with Gasteiger partial charge in [0.2, 0.25) is 5.75 Å². The van der Waals surface area contributed by atoms with E-state index in [2.05, 4.69) is 12.2 Å². The van der Waals surface area contributed by atoms with E-state index >= 15 is 0 Å². The maximum absolute atomic E-state index is 11.0. The van der Waals surface area contributed by atoms with Gasteiger partial charge in [0.25, 0.3) is 0 Å². The smallest absolute Gasteiger partial charge is 0.303 e. The molecule has 1 fully saturated rings. The summed E-state index contributed by atoms with van der Waals surface area (Å²) in [7, 11) is 3.03. The molecule has 5 heteroatoms. The summed E-state index contributed by atoms with van der Waals surface area (Å²) in [6.07, 6.45) is 6.38. The minimum atomic E-state index is -0.753. The third-order valence-corrected chi connectivity index (χ3v) is 5.20. The van der Waals surface area contributed by atoms with Crippen molar-refractivity contribution in [2.45, 2.75) is 25.2 Å². The molecule has 0 amide bonds. The van der Waals surface area contributed by atoms with Crippen LogP contribution in [0.25, 0.3) is 0 Å². The first-order valence-corrected chi connectivity index (χ1v) is 7.90. The standard InChI is InChI=1S/C18H22O5/c1-22-14-8-12(9-15(23-2)18(14)21)17-11-4-3-10(7-11)13(17)5-6-16(19)20/h3-4,8-11,13,17,21H,5-7H2,1-2H3,(H,19,20). The lowest BCUT2D eigenvalue weighted by molar-refractivity contribution is -0.137. The van der Waals surface area contributed by atoms with Crippen molar-refractivity contribution in [3.8, 4) is 17.2 Å². The van der Waals surface area contributed by atoms with Gasteiger partial charge in [0, 0.05) is 6.42 Å². The van der Waals surface area contributed by atoms with E-state index in [-0.39, 0.29) is 18.1 Å². The molecule has 23 heavy (non-hydrogen) atoms. The maximum atomic E-state index is 11.0. The number of aromatic hydroxyl groups is 1. The number of rotatable bonds is 6. The fourth-order valence-corrected chi connectivity index (χ4v) is 4.21. The summed E-state index contributed by atoms with van der Waals surface area (Å²) in [6, 6.07) is 3.70. The fourth-order valence-electron chi connectivity index (χ4n) is 4.21. The maximum Gasteiger partial charge on any atom is 0.303 e. The van der Waals surface area contributed by atoms with Gasteiger partial charge in [-0.2, -0.15) is 0 Å². The molecule has 0 aliphatic heterocycles. The Balaban J connectivity index is 1.95. The molecule has 1 aromatic carbocycles. The minimum absolute atomic E-state index is 0.000431. The van der Waals surface area contributed by atoms with Crippen molar-refractivity contribution in [3.05, 3.63) is 29.8 Å². The summed E-state index contributed by atoms with van der Waals surface area (Å²) < 4.78 is 10.5. The van der Waals surface area contributed by atoms with Gasteiger partial charge in [0.05, 0.1) is 14.2 Å². The van der Waals surface area contributed by atoms with Crippen molar-refractivity contribution in [3.63, 3.8) is 0 Å². The number of hydrogen-bond donors (Lipinski definition) is 2. The Hall–Kier alpha value is -2.17. The summed E-state index contributed by atoms with van der Waals surface area (Å²) in [5, 5.41) is 19.1. The number of allylic oxidation sites excluding steroid dienone is 2. The normalized spacial score (nSPS) is 28.1. The first-order chi connectivity index (χ1) is 11.0. The quantitative estimate of drug-likeness (QED) is 0.788. The van der Waals surface area contributed by atoms with E-state index in [4.69, 9.17) is 14.6 Å².